The normalized spacial score (nSPS) is 16.9. The number of amides is 1. The summed E-state index contributed by atoms with van der Waals surface area (Å²) in [6, 6.07) is 11.3. The summed E-state index contributed by atoms with van der Waals surface area (Å²) < 4.78 is 7.37. The summed E-state index contributed by atoms with van der Waals surface area (Å²) in [4.78, 5) is 24.1. The molecule has 2 N–H and O–H groups in total. The largest absolute Gasteiger partial charge is 0.491 e. The van der Waals surface area contributed by atoms with Crippen molar-refractivity contribution in [2.24, 2.45) is 4.99 Å². The van der Waals surface area contributed by atoms with E-state index in [1.54, 1.807) is 18.4 Å². The number of pyridine rings is 1. The molecule has 1 unspecified atom stereocenters. The third kappa shape index (κ3) is 4.17. The number of nitrogens with one attached hydrogen (secondary N) is 1. The number of hydrogen-bond donors (Lipinski definition) is 2. The van der Waals surface area contributed by atoms with E-state index in [4.69, 9.17) is 14.9 Å². The topological polar surface area (TPSA) is 105 Å². The fourth-order valence-corrected chi connectivity index (χ4v) is 4.30. The molecule has 2 aliphatic rings. The van der Waals surface area contributed by atoms with Gasteiger partial charge in [0, 0.05) is 23.4 Å². The van der Waals surface area contributed by atoms with Crippen molar-refractivity contribution in [3.05, 3.63) is 77.6 Å². The molecule has 0 radical (unpaired) electrons. The first-order chi connectivity index (χ1) is 16.5. The molecule has 1 atom stereocenters. The number of aromatic nitrogens is 3. The van der Waals surface area contributed by atoms with Crippen LogP contribution in [0.3, 0.4) is 0 Å². The molecule has 2 aliphatic heterocycles. The molecular formula is C25H26N6O3. The highest BCUT2D eigenvalue weighted by molar-refractivity contribution is 6.07. The zero-order valence-corrected chi connectivity index (χ0v) is 19.1. The van der Waals surface area contributed by atoms with Gasteiger partial charge in [0.1, 0.15) is 24.2 Å². The van der Waals surface area contributed by atoms with Gasteiger partial charge in [-0.2, -0.15) is 5.10 Å². The van der Waals surface area contributed by atoms with Crippen molar-refractivity contribution in [1.29, 1.82) is 0 Å². The van der Waals surface area contributed by atoms with Crippen LogP contribution in [0.1, 0.15) is 17.1 Å². The van der Waals surface area contributed by atoms with Crippen LogP contribution in [0.2, 0.25) is 0 Å². The maximum Gasteiger partial charge on any atom is 0.249 e. The van der Waals surface area contributed by atoms with Crippen LogP contribution in [0.25, 0.3) is 10.9 Å². The number of hydrogen-bond acceptors (Lipinski definition) is 7. The number of ether oxygens (including phenoxy) is 1. The second-order valence-electron chi connectivity index (χ2n) is 8.26. The number of fused-ring (bicyclic) bond motifs is 2. The number of rotatable bonds is 7. The third-order valence-electron chi connectivity index (χ3n) is 5.83. The summed E-state index contributed by atoms with van der Waals surface area (Å²) in [5.41, 5.74) is 4.40. The lowest BCUT2D eigenvalue weighted by Gasteiger charge is -2.25. The minimum absolute atomic E-state index is 0.0601. The second kappa shape index (κ2) is 9.11. The maximum atomic E-state index is 13.2. The van der Waals surface area contributed by atoms with Gasteiger partial charge in [0.15, 0.2) is 0 Å². The van der Waals surface area contributed by atoms with Crippen molar-refractivity contribution in [3.63, 3.8) is 0 Å². The van der Waals surface area contributed by atoms with Gasteiger partial charge in [0.25, 0.3) is 0 Å². The molecule has 9 nitrogen and oxygen atoms in total. The van der Waals surface area contributed by atoms with Crippen molar-refractivity contribution in [2.45, 2.75) is 26.4 Å². The molecule has 1 amide bonds. The van der Waals surface area contributed by atoms with E-state index in [0.717, 1.165) is 33.7 Å². The number of amidine groups is 1. The minimum atomic E-state index is -0.455. The highest BCUT2D eigenvalue weighted by Crippen LogP contribution is 2.28. The predicted octanol–water partition coefficient (Wildman–Crippen LogP) is 2.54. The van der Waals surface area contributed by atoms with Gasteiger partial charge in [-0.05, 0) is 44.2 Å². The standard InChI is InChI=1S/C25H26N6O3/c1-16-5-3-6-18(27-16)15-31-21-8-4-7-20(24(21)17(2)29-31)28-25(33)22-14-26-23-13-19(34-12-11-32)9-10-30(22)23/h3-10,13,22,32H,11-12,14-15H2,1-2H3,(H,28,33). The van der Waals surface area contributed by atoms with Gasteiger partial charge < -0.3 is 20.1 Å². The van der Waals surface area contributed by atoms with Crippen LogP contribution in [0.5, 0.6) is 0 Å². The van der Waals surface area contributed by atoms with Gasteiger partial charge in [-0.25, -0.2) is 0 Å². The fourth-order valence-electron chi connectivity index (χ4n) is 4.30. The first-order valence-corrected chi connectivity index (χ1v) is 11.2. The zero-order valence-electron chi connectivity index (χ0n) is 19.1. The van der Waals surface area contributed by atoms with E-state index in [-0.39, 0.29) is 19.1 Å². The monoisotopic (exact) mass is 458 g/mol. The summed E-state index contributed by atoms with van der Waals surface area (Å²) in [5.74, 6) is 1.14. The average molecular weight is 459 g/mol. The van der Waals surface area contributed by atoms with E-state index in [2.05, 4.69) is 15.3 Å². The predicted molar refractivity (Wildman–Crippen MR) is 129 cm³/mol. The number of aliphatic hydroxyl groups is 1. The summed E-state index contributed by atoms with van der Waals surface area (Å²) in [5, 5.41) is 17.7. The number of aliphatic imine (C=N–C) groups is 1. The number of benzene rings is 1. The molecule has 2 aromatic heterocycles. The third-order valence-corrected chi connectivity index (χ3v) is 5.83. The molecule has 0 aliphatic carbocycles. The number of nitrogens with zero attached hydrogens (tertiary/aromatic N) is 5. The first kappa shape index (κ1) is 21.8. The van der Waals surface area contributed by atoms with Crippen molar-refractivity contribution < 1.29 is 14.6 Å². The molecule has 5 rings (SSSR count). The average Bonchev–Trinajstić information content (AvgIpc) is 3.39. The van der Waals surface area contributed by atoms with Gasteiger partial charge in [-0.15, -0.1) is 0 Å². The lowest BCUT2D eigenvalue weighted by atomic mass is 10.1. The molecule has 0 spiro atoms. The zero-order chi connectivity index (χ0) is 23.7. The molecule has 0 saturated heterocycles. The number of carbonyl (C=O) groups excluding carboxylic acids is 1. The maximum absolute atomic E-state index is 13.2. The second-order valence-corrected chi connectivity index (χ2v) is 8.26. The van der Waals surface area contributed by atoms with Crippen molar-refractivity contribution in [1.82, 2.24) is 19.7 Å². The lowest BCUT2D eigenvalue weighted by molar-refractivity contribution is -0.118. The SMILES string of the molecule is Cc1cccc(Cn2nc(C)c3c(NC(=O)C4CN=C5C=C(OCCO)C=CN54)cccc32)n1. The van der Waals surface area contributed by atoms with Gasteiger partial charge in [0.2, 0.25) is 5.91 Å². The summed E-state index contributed by atoms with van der Waals surface area (Å²) in [7, 11) is 0. The Kier molecular flexibility index (Phi) is 5.85. The minimum Gasteiger partial charge on any atom is -0.491 e. The Balaban J connectivity index is 1.35. The smallest absolute Gasteiger partial charge is 0.249 e. The Hall–Kier alpha value is -3.98. The molecule has 0 fully saturated rings. The Labute approximate surface area is 197 Å². The van der Waals surface area contributed by atoms with E-state index >= 15 is 0 Å². The number of anilines is 1. The van der Waals surface area contributed by atoms with E-state index in [9.17, 15) is 4.79 Å². The summed E-state index contributed by atoms with van der Waals surface area (Å²) >= 11 is 0. The highest BCUT2D eigenvalue weighted by atomic mass is 16.5. The van der Waals surface area contributed by atoms with Crippen LogP contribution < -0.4 is 5.32 Å². The number of allylic oxidation sites excluding steroid dienone is 1. The fraction of sp³-hybridized carbons (Fsp3) is 0.280. The number of aryl methyl sites for hydroxylation is 2. The van der Waals surface area contributed by atoms with Gasteiger partial charge >= 0.3 is 0 Å². The molecule has 1 aromatic carbocycles. The molecule has 0 bridgehead atoms. The quantitative estimate of drug-likeness (QED) is 0.564. The van der Waals surface area contributed by atoms with Crippen molar-refractivity contribution >= 4 is 28.3 Å². The molecule has 3 aromatic rings. The Bertz CT molecular complexity index is 1340. The van der Waals surface area contributed by atoms with Crippen LogP contribution in [0.4, 0.5) is 5.69 Å². The highest BCUT2D eigenvalue weighted by Gasteiger charge is 2.33. The first-order valence-electron chi connectivity index (χ1n) is 11.2. The molecule has 0 saturated carbocycles. The van der Waals surface area contributed by atoms with E-state index < -0.39 is 6.04 Å². The Morgan fingerprint density at radius 2 is 2.09 bits per heavy atom. The molecule has 174 valence electrons. The van der Waals surface area contributed by atoms with Gasteiger partial charge in [-0.3, -0.25) is 19.5 Å². The van der Waals surface area contributed by atoms with E-state index in [0.29, 0.717) is 24.7 Å². The number of aliphatic hydroxyl groups excluding tert-OH is 1. The Morgan fingerprint density at radius 3 is 2.91 bits per heavy atom. The van der Waals surface area contributed by atoms with Crippen LogP contribution in [0, 0.1) is 13.8 Å². The summed E-state index contributed by atoms with van der Waals surface area (Å²) in [6.45, 7) is 4.97. The van der Waals surface area contributed by atoms with Crippen LogP contribution in [0.15, 0.2) is 65.5 Å². The van der Waals surface area contributed by atoms with Gasteiger partial charge in [-0.1, -0.05) is 12.1 Å². The van der Waals surface area contributed by atoms with E-state index in [1.807, 2.05) is 59.8 Å². The van der Waals surface area contributed by atoms with Crippen LogP contribution >= 0.6 is 0 Å². The summed E-state index contributed by atoms with van der Waals surface area (Å²) in [6.07, 6.45) is 5.34. The lowest BCUT2D eigenvalue weighted by Crippen LogP contribution is -2.42. The van der Waals surface area contributed by atoms with Gasteiger partial charge in [0.05, 0.1) is 42.3 Å². The van der Waals surface area contributed by atoms with E-state index in [1.165, 1.54) is 0 Å². The molecular weight excluding hydrogens is 432 g/mol. The molecule has 9 heteroatoms. The van der Waals surface area contributed by atoms with Crippen LogP contribution in [-0.4, -0.2) is 62.3 Å². The Morgan fingerprint density at radius 1 is 1.24 bits per heavy atom. The van der Waals surface area contributed by atoms with Crippen molar-refractivity contribution in [3.8, 4) is 0 Å². The number of carbonyl (C=O) groups is 1. The molecule has 4 heterocycles. The van der Waals surface area contributed by atoms with Crippen LogP contribution in [-0.2, 0) is 16.1 Å². The van der Waals surface area contributed by atoms with Crippen molar-refractivity contribution in [2.75, 3.05) is 25.1 Å². The molecule has 34 heavy (non-hydrogen) atoms.